The topological polar surface area (TPSA) is 29.5 Å². The van der Waals surface area contributed by atoms with Gasteiger partial charge in [-0.2, -0.15) is 0 Å². The predicted octanol–water partition coefficient (Wildman–Crippen LogP) is 5.43. The Morgan fingerprint density at radius 1 is 1.00 bits per heavy atom. The van der Waals surface area contributed by atoms with Gasteiger partial charge < -0.3 is 9.33 Å². The lowest BCUT2D eigenvalue weighted by Crippen LogP contribution is -2.51. The first-order chi connectivity index (χ1) is 10.2. The van der Waals surface area contributed by atoms with Crippen LogP contribution in [-0.2, 0) is 11.0 Å². The fraction of sp³-hybridized carbons (Fsp3) is 0.611. The first kappa shape index (κ1) is 18.8. The van der Waals surface area contributed by atoms with Gasteiger partial charge in [-0.1, -0.05) is 71.9 Å². The second-order valence-corrected chi connectivity index (χ2v) is 12.4. The predicted molar refractivity (Wildman–Crippen MR) is 95.4 cm³/mol. The quantitative estimate of drug-likeness (QED) is 0.654. The van der Waals surface area contributed by atoms with E-state index < -0.39 is 8.32 Å². The van der Waals surface area contributed by atoms with E-state index in [0.717, 1.165) is 5.56 Å². The number of carbonyl (C=O) groups excluding carboxylic acids is 1. The van der Waals surface area contributed by atoms with Gasteiger partial charge in [-0.3, -0.25) is 0 Å². The molecule has 0 aromatic heterocycles. The third kappa shape index (κ3) is 4.13. The number of hydrogen-bond acceptors (Lipinski definition) is 2. The molecule has 3 nitrogen and oxygen atoms in total. The maximum absolute atomic E-state index is 12.6. The van der Waals surface area contributed by atoms with Crippen LogP contribution >= 0.6 is 0 Å². The molecule has 22 heavy (non-hydrogen) atoms. The zero-order chi connectivity index (χ0) is 16.9. The molecule has 1 aromatic carbocycles. The molecule has 124 valence electrons. The molecule has 0 radical (unpaired) electrons. The van der Waals surface area contributed by atoms with E-state index in [1.54, 1.807) is 4.90 Å². The molecule has 0 aliphatic rings. The van der Waals surface area contributed by atoms with Crippen LogP contribution in [0.4, 0.5) is 4.79 Å². The lowest BCUT2D eigenvalue weighted by Gasteiger charge is -2.42. The lowest BCUT2D eigenvalue weighted by molar-refractivity contribution is 0.153. The number of rotatable bonds is 6. The molecule has 0 saturated heterocycles. The van der Waals surface area contributed by atoms with Crippen LogP contribution in [0.3, 0.4) is 0 Å². The summed E-state index contributed by atoms with van der Waals surface area (Å²) >= 11 is 0. The average molecular weight is 322 g/mol. The summed E-state index contributed by atoms with van der Waals surface area (Å²) in [6.45, 7) is 13.7. The van der Waals surface area contributed by atoms with E-state index >= 15 is 0 Å². The molecule has 0 heterocycles. The Morgan fingerprint density at radius 2 is 1.45 bits per heavy atom. The first-order valence-corrected chi connectivity index (χ1v) is 10.3. The smallest absolute Gasteiger partial charge is 0.396 e. The van der Waals surface area contributed by atoms with E-state index in [2.05, 4.69) is 41.5 Å². The van der Waals surface area contributed by atoms with E-state index in [-0.39, 0.29) is 6.09 Å². The van der Waals surface area contributed by atoms with Crippen molar-refractivity contribution in [2.24, 2.45) is 0 Å². The SMILES string of the molecule is CC(C)[Si](OC(=O)N(C)Cc1ccccc1)(C(C)C)C(C)C. The summed E-state index contributed by atoms with van der Waals surface area (Å²) in [6, 6.07) is 10.0. The van der Waals surface area contributed by atoms with E-state index in [1.165, 1.54) is 0 Å². The summed E-state index contributed by atoms with van der Waals surface area (Å²) in [6.07, 6.45) is -0.188. The molecule has 1 rings (SSSR count). The highest BCUT2D eigenvalue weighted by atomic mass is 28.4. The molecule has 0 fully saturated rings. The van der Waals surface area contributed by atoms with Gasteiger partial charge in [0.25, 0.3) is 8.32 Å². The van der Waals surface area contributed by atoms with E-state index in [0.29, 0.717) is 23.2 Å². The van der Waals surface area contributed by atoms with Gasteiger partial charge in [-0.05, 0) is 22.2 Å². The molecular formula is C18H31NO2Si. The summed E-state index contributed by atoms with van der Waals surface area (Å²) in [4.78, 5) is 14.3. The van der Waals surface area contributed by atoms with Crippen molar-refractivity contribution in [2.75, 3.05) is 7.05 Å². The van der Waals surface area contributed by atoms with Crippen molar-refractivity contribution in [3.05, 3.63) is 35.9 Å². The van der Waals surface area contributed by atoms with Crippen molar-refractivity contribution in [2.45, 2.75) is 64.7 Å². The van der Waals surface area contributed by atoms with Crippen LogP contribution in [-0.4, -0.2) is 26.4 Å². The molecule has 0 N–H and O–H groups in total. The largest absolute Gasteiger partial charge is 0.503 e. The monoisotopic (exact) mass is 321 g/mol. The van der Waals surface area contributed by atoms with Gasteiger partial charge in [-0.15, -0.1) is 0 Å². The zero-order valence-corrected chi connectivity index (χ0v) is 16.1. The Bertz CT molecular complexity index is 449. The Hall–Kier alpha value is -1.29. The van der Waals surface area contributed by atoms with E-state index in [4.69, 9.17) is 4.43 Å². The molecule has 0 unspecified atom stereocenters. The Balaban J connectivity index is 2.87. The van der Waals surface area contributed by atoms with E-state index in [9.17, 15) is 4.79 Å². The second-order valence-electron chi connectivity index (χ2n) is 7.03. The third-order valence-electron chi connectivity index (χ3n) is 4.55. The fourth-order valence-corrected chi connectivity index (χ4v) is 8.67. The van der Waals surface area contributed by atoms with Crippen molar-refractivity contribution in [1.29, 1.82) is 0 Å². The van der Waals surface area contributed by atoms with Gasteiger partial charge in [0.15, 0.2) is 0 Å². The normalized spacial score (nSPS) is 12.1. The summed E-state index contributed by atoms with van der Waals surface area (Å²) in [5.74, 6) is 0. The third-order valence-corrected chi connectivity index (χ3v) is 10.5. The second kappa shape index (κ2) is 7.81. The Labute approximate surface area is 136 Å². The van der Waals surface area contributed by atoms with Crippen LogP contribution in [0.5, 0.6) is 0 Å². The summed E-state index contributed by atoms with van der Waals surface area (Å²) in [5.41, 5.74) is 2.33. The molecule has 1 amide bonds. The van der Waals surface area contributed by atoms with Crippen LogP contribution in [0, 0.1) is 0 Å². The molecule has 0 aliphatic carbocycles. The highest BCUT2D eigenvalue weighted by Crippen LogP contribution is 2.42. The molecule has 0 bridgehead atoms. The van der Waals surface area contributed by atoms with Crippen molar-refractivity contribution >= 4 is 14.4 Å². The lowest BCUT2D eigenvalue weighted by atomic mass is 10.2. The summed E-state index contributed by atoms with van der Waals surface area (Å²) < 4.78 is 6.18. The van der Waals surface area contributed by atoms with Crippen LogP contribution in [0.1, 0.15) is 47.1 Å². The van der Waals surface area contributed by atoms with E-state index in [1.807, 2.05) is 37.4 Å². The number of carbonyl (C=O) groups is 1. The molecular weight excluding hydrogens is 290 g/mol. The molecule has 0 atom stereocenters. The maximum atomic E-state index is 12.6. The Morgan fingerprint density at radius 3 is 1.86 bits per heavy atom. The highest BCUT2D eigenvalue weighted by molar-refractivity contribution is 6.78. The molecule has 0 spiro atoms. The van der Waals surface area contributed by atoms with Crippen molar-refractivity contribution < 1.29 is 9.22 Å². The van der Waals surface area contributed by atoms with Crippen molar-refractivity contribution in [3.8, 4) is 0 Å². The molecule has 0 saturated carbocycles. The first-order valence-electron chi connectivity index (χ1n) is 8.19. The number of hydrogen-bond donors (Lipinski definition) is 0. The number of benzene rings is 1. The van der Waals surface area contributed by atoms with Gasteiger partial charge in [0.05, 0.1) is 0 Å². The Kier molecular flexibility index (Phi) is 6.66. The number of amides is 1. The average Bonchev–Trinajstić information content (AvgIpc) is 2.44. The molecule has 0 aliphatic heterocycles. The minimum Gasteiger partial charge on any atom is -0.503 e. The highest BCUT2D eigenvalue weighted by Gasteiger charge is 2.48. The van der Waals surface area contributed by atoms with Gasteiger partial charge in [0.2, 0.25) is 0 Å². The maximum Gasteiger partial charge on any atom is 0.396 e. The molecule has 4 heteroatoms. The minimum absolute atomic E-state index is 0.188. The summed E-state index contributed by atoms with van der Waals surface area (Å²) in [7, 11) is -0.347. The molecule has 1 aromatic rings. The minimum atomic E-state index is -2.16. The van der Waals surface area contributed by atoms with Gasteiger partial charge in [0.1, 0.15) is 0 Å². The number of nitrogens with zero attached hydrogens (tertiary/aromatic N) is 1. The fourth-order valence-electron chi connectivity index (χ4n) is 3.50. The van der Waals surface area contributed by atoms with Crippen LogP contribution in [0.25, 0.3) is 0 Å². The van der Waals surface area contributed by atoms with Gasteiger partial charge in [0, 0.05) is 13.6 Å². The van der Waals surface area contributed by atoms with Gasteiger partial charge >= 0.3 is 6.09 Å². The van der Waals surface area contributed by atoms with Crippen LogP contribution in [0.15, 0.2) is 30.3 Å². The zero-order valence-electron chi connectivity index (χ0n) is 15.1. The summed E-state index contributed by atoms with van der Waals surface area (Å²) in [5, 5.41) is 0. The van der Waals surface area contributed by atoms with Crippen molar-refractivity contribution in [1.82, 2.24) is 4.90 Å². The van der Waals surface area contributed by atoms with Crippen LogP contribution < -0.4 is 0 Å². The standard InChI is InChI=1S/C18H31NO2Si/c1-14(2)22(15(3)4,16(5)6)21-18(20)19(7)13-17-11-9-8-10-12-17/h8-12,14-16H,13H2,1-7H3. The van der Waals surface area contributed by atoms with Crippen molar-refractivity contribution in [3.63, 3.8) is 0 Å². The van der Waals surface area contributed by atoms with Crippen LogP contribution in [0.2, 0.25) is 16.6 Å². The van der Waals surface area contributed by atoms with Gasteiger partial charge in [-0.25, -0.2) is 4.79 Å².